The second-order valence-electron chi connectivity index (χ2n) is 7.01. The van der Waals surface area contributed by atoms with Gasteiger partial charge in [-0.05, 0) is 38.0 Å². The van der Waals surface area contributed by atoms with Gasteiger partial charge in [-0.1, -0.05) is 60.0 Å². The number of anilines is 1. The predicted octanol–water partition coefficient (Wildman–Crippen LogP) is 7.25. The van der Waals surface area contributed by atoms with Crippen molar-refractivity contribution >= 4 is 51.4 Å². The minimum Gasteiger partial charge on any atom is -0.490 e. The molecular formula is C24H23Cl2NO4S. The Kier molecular flexibility index (Phi) is 8.18. The zero-order valence-corrected chi connectivity index (χ0v) is 20.3. The van der Waals surface area contributed by atoms with Crippen LogP contribution in [0.25, 0.3) is 11.1 Å². The summed E-state index contributed by atoms with van der Waals surface area (Å²) in [7, 11) is 0. The Hall–Kier alpha value is -2.54. The first-order valence-corrected chi connectivity index (χ1v) is 11.8. The van der Waals surface area contributed by atoms with Gasteiger partial charge in [-0.15, -0.1) is 11.3 Å². The number of thiophene rings is 1. The smallest absolute Gasteiger partial charge is 0.341 e. The third-order valence-electron chi connectivity index (χ3n) is 4.57. The van der Waals surface area contributed by atoms with Crippen LogP contribution >= 0.6 is 34.5 Å². The highest BCUT2D eigenvalue weighted by Gasteiger charge is 2.24. The van der Waals surface area contributed by atoms with Crippen LogP contribution in [0.3, 0.4) is 0 Å². The lowest BCUT2D eigenvalue weighted by molar-refractivity contribution is 0.0529. The molecule has 0 saturated heterocycles. The summed E-state index contributed by atoms with van der Waals surface area (Å²) < 4.78 is 10.8. The van der Waals surface area contributed by atoms with E-state index in [-0.39, 0.29) is 22.2 Å². The average Bonchev–Trinajstić information content (AvgIpc) is 3.17. The number of benzene rings is 2. The van der Waals surface area contributed by atoms with E-state index in [0.717, 1.165) is 17.5 Å². The summed E-state index contributed by atoms with van der Waals surface area (Å²) in [5.41, 5.74) is 3.23. The molecule has 5 nitrogen and oxygen atoms in total. The molecule has 32 heavy (non-hydrogen) atoms. The molecule has 0 saturated carbocycles. The molecule has 0 atom stereocenters. The number of esters is 1. The van der Waals surface area contributed by atoms with Gasteiger partial charge in [0.25, 0.3) is 5.91 Å². The number of nitrogens with one attached hydrogen (secondary N) is 1. The second kappa shape index (κ2) is 10.9. The van der Waals surface area contributed by atoms with Gasteiger partial charge < -0.3 is 14.8 Å². The molecule has 1 heterocycles. The van der Waals surface area contributed by atoms with Crippen molar-refractivity contribution in [3.8, 4) is 16.9 Å². The Morgan fingerprint density at radius 3 is 2.31 bits per heavy atom. The predicted molar refractivity (Wildman–Crippen MR) is 131 cm³/mol. The standard InChI is InChI=1S/C24H23Cl2NO4S/c1-4-10-31-21-18(25)11-16(12-19(21)26)22(28)27-23-20(24(29)30-5-2)17(13-32-23)15-8-6-14(3)7-9-15/h6-9,11-13H,4-5,10H2,1-3H3,(H,27,28). The van der Waals surface area contributed by atoms with Crippen LogP contribution in [-0.4, -0.2) is 25.1 Å². The molecule has 0 aliphatic rings. The van der Waals surface area contributed by atoms with E-state index in [9.17, 15) is 9.59 Å². The van der Waals surface area contributed by atoms with Gasteiger partial charge in [0.2, 0.25) is 0 Å². The van der Waals surface area contributed by atoms with Gasteiger partial charge in [-0.25, -0.2) is 4.79 Å². The molecule has 0 bridgehead atoms. The van der Waals surface area contributed by atoms with E-state index in [1.807, 2.05) is 43.5 Å². The number of halogens is 2. The molecule has 3 aromatic rings. The van der Waals surface area contributed by atoms with Crippen LogP contribution in [0, 0.1) is 6.92 Å². The number of hydrogen-bond acceptors (Lipinski definition) is 5. The van der Waals surface area contributed by atoms with E-state index >= 15 is 0 Å². The molecule has 0 spiro atoms. The molecule has 0 unspecified atom stereocenters. The second-order valence-corrected chi connectivity index (χ2v) is 8.71. The van der Waals surface area contributed by atoms with Gasteiger partial charge in [0.05, 0.1) is 23.3 Å². The fourth-order valence-corrected chi connectivity index (χ4v) is 4.56. The van der Waals surface area contributed by atoms with Crippen LogP contribution in [0.5, 0.6) is 5.75 Å². The SMILES string of the molecule is CCCOc1c(Cl)cc(C(=O)Nc2scc(-c3ccc(C)cc3)c2C(=O)OCC)cc1Cl. The summed E-state index contributed by atoms with van der Waals surface area (Å²) in [6.45, 7) is 6.38. The van der Waals surface area contributed by atoms with Crippen molar-refractivity contribution in [1.29, 1.82) is 0 Å². The van der Waals surface area contributed by atoms with Crippen LogP contribution in [0.15, 0.2) is 41.8 Å². The summed E-state index contributed by atoms with van der Waals surface area (Å²) in [6.07, 6.45) is 0.799. The molecule has 0 radical (unpaired) electrons. The van der Waals surface area contributed by atoms with Crippen molar-refractivity contribution in [1.82, 2.24) is 0 Å². The van der Waals surface area contributed by atoms with Crippen molar-refractivity contribution in [3.63, 3.8) is 0 Å². The van der Waals surface area contributed by atoms with E-state index in [2.05, 4.69) is 5.32 Å². The quantitative estimate of drug-likeness (QED) is 0.337. The molecule has 1 N–H and O–H groups in total. The topological polar surface area (TPSA) is 64.6 Å². The van der Waals surface area contributed by atoms with Crippen molar-refractivity contribution < 1.29 is 19.1 Å². The molecule has 1 aromatic heterocycles. The molecule has 0 aliphatic heterocycles. The third-order valence-corrected chi connectivity index (χ3v) is 6.03. The van der Waals surface area contributed by atoms with Crippen molar-refractivity contribution in [2.24, 2.45) is 0 Å². The summed E-state index contributed by atoms with van der Waals surface area (Å²) in [5, 5.41) is 5.51. The average molecular weight is 492 g/mol. The van der Waals surface area contributed by atoms with E-state index in [4.69, 9.17) is 32.7 Å². The lowest BCUT2D eigenvalue weighted by Crippen LogP contribution is -2.15. The number of hydrogen-bond donors (Lipinski definition) is 1. The van der Waals surface area contributed by atoms with Crippen LogP contribution in [0.4, 0.5) is 5.00 Å². The zero-order chi connectivity index (χ0) is 23.3. The van der Waals surface area contributed by atoms with E-state index in [1.54, 1.807) is 6.92 Å². The summed E-state index contributed by atoms with van der Waals surface area (Å²) in [6, 6.07) is 10.8. The molecule has 2 aromatic carbocycles. The highest BCUT2D eigenvalue weighted by molar-refractivity contribution is 7.15. The van der Waals surface area contributed by atoms with E-state index in [0.29, 0.717) is 28.5 Å². The fourth-order valence-electron chi connectivity index (χ4n) is 3.01. The largest absolute Gasteiger partial charge is 0.490 e. The Bertz CT molecular complexity index is 1100. The molecule has 3 rings (SSSR count). The van der Waals surface area contributed by atoms with Crippen LogP contribution < -0.4 is 10.1 Å². The van der Waals surface area contributed by atoms with Gasteiger partial charge in [-0.2, -0.15) is 0 Å². The maximum Gasteiger partial charge on any atom is 0.341 e. The number of rotatable bonds is 8. The molecule has 8 heteroatoms. The van der Waals surface area contributed by atoms with Crippen LogP contribution in [-0.2, 0) is 4.74 Å². The van der Waals surface area contributed by atoms with Gasteiger partial charge in [-0.3, -0.25) is 4.79 Å². The first kappa shape index (κ1) is 24.1. The van der Waals surface area contributed by atoms with Gasteiger partial charge in [0.1, 0.15) is 10.6 Å². The number of ether oxygens (including phenoxy) is 2. The lowest BCUT2D eigenvalue weighted by Gasteiger charge is -2.12. The summed E-state index contributed by atoms with van der Waals surface area (Å²) in [5.74, 6) is -0.602. The molecule has 0 aliphatic carbocycles. The number of aryl methyl sites for hydroxylation is 1. The summed E-state index contributed by atoms with van der Waals surface area (Å²) >= 11 is 13.8. The Balaban J connectivity index is 1.94. The van der Waals surface area contributed by atoms with Gasteiger partial charge in [0, 0.05) is 16.5 Å². The Morgan fingerprint density at radius 1 is 1.06 bits per heavy atom. The molecular weight excluding hydrogens is 469 g/mol. The Labute approximate surface area is 201 Å². The summed E-state index contributed by atoms with van der Waals surface area (Å²) in [4.78, 5) is 25.7. The highest BCUT2D eigenvalue weighted by Crippen LogP contribution is 2.38. The zero-order valence-electron chi connectivity index (χ0n) is 18.0. The molecule has 168 valence electrons. The first-order valence-electron chi connectivity index (χ1n) is 10.1. The number of carbonyl (C=O) groups is 2. The number of carbonyl (C=O) groups excluding carboxylic acids is 2. The van der Waals surface area contributed by atoms with Gasteiger partial charge in [0.15, 0.2) is 5.75 Å². The monoisotopic (exact) mass is 491 g/mol. The molecule has 1 amide bonds. The fraction of sp³-hybridized carbons (Fsp3) is 0.250. The van der Waals surface area contributed by atoms with Crippen molar-refractivity contribution in [2.45, 2.75) is 27.2 Å². The maximum absolute atomic E-state index is 13.0. The Morgan fingerprint density at radius 2 is 1.72 bits per heavy atom. The van der Waals surface area contributed by atoms with Crippen molar-refractivity contribution in [3.05, 3.63) is 68.5 Å². The van der Waals surface area contributed by atoms with Crippen LogP contribution in [0.1, 0.15) is 46.5 Å². The first-order chi connectivity index (χ1) is 15.3. The minimum absolute atomic E-state index is 0.222. The van der Waals surface area contributed by atoms with E-state index in [1.165, 1.54) is 23.5 Å². The van der Waals surface area contributed by atoms with E-state index < -0.39 is 11.9 Å². The number of amides is 1. The normalized spacial score (nSPS) is 10.7. The van der Waals surface area contributed by atoms with Crippen molar-refractivity contribution in [2.75, 3.05) is 18.5 Å². The maximum atomic E-state index is 13.0. The lowest BCUT2D eigenvalue weighted by atomic mass is 10.0. The van der Waals surface area contributed by atoms with Gasteiger partial charge >= 0.3 is 5.97 Å². The third kappa shape index (κ3) is 5.44. The van der Waals surface area contributed by atoms with Crippen LogP contribution in [0.2, 0.25) is 10.0 Å². The minimum atomic E-state index is -0.501. The molecule has 0 fully saturated rings. The highest BCUT2D eigenvalue weighted by atomic mass is 35.5.